The zero-order valence-corrected chi connectivity index (χ0v) is 19.8. The first-order valence-corrected chi connectivity index (χ1v) is 12.3. The normalized spacial score (nSPS) is 26.7. The van der Waals surface area contributed by atoms with E-state index >= 15 is 0 Å². The summed E-state index contributed by atoms with van der Waals surface area (Å²) in [6, 6.07) is 0. The molecule has 0 saturated carbocycles. The maximum atomic E-state index is 9.27. The minimum atomic E-state index is -0.266. The highest BCUT2D eigenvalue weighted by atomic mass is 16.5. The lowest BCUT2D eigenvalue weighted by atomic mass is 9.78. The van der Waals surface area contributed by atoms with Gasteiger partial charge in [-0.05, 0) is 50.9 Å². The van der Waals surface area contributed by atoms with Crippen LogP contribution in [0.3, 0.4) is 0 Å². The second kappa shape index (κ2) is 13.4. The van der Waals surface area contributed by atoms with Gasteiger partial charge in [-0.1, -0.05) is 64.3 Å². The highest BCUT2D eigenvalue weighted by Gasteiger charge is 2.48. The highest BCUT2D eigenvalue weighted by molar-refractivity contribution is 5.81. The van der Waals surface area contributed by atoms with Crippen LogP contribution < -0.4 is 0 Å². The van der Waals surface area contributed by atoms with E-state index in [1.807, 2.05) is 0 Å². The summed E-state index contributed by atoms with van der Waals surface area (Å²) >= 11 is 0. The SMILES string of the molecule is CCCCCCOCC1C2CCC(O2)C1C/C=C/CCC(C)(C)/C(=N/O)OCCC. The lowest BCUT2D eigenvalue weighted by molar-refractivity contribution is 0.0478. The van der Waals surface area contributed by atoms with E-state index in [9.17, 15) is 5.21 Å². The van der Waals surface area contributed by atoms with Crippen molar-refractivity contribution in [3.63, 3.8) is 0 Å². The predicted octanol–water partition coefficient (Wildman–Crippen LogP) is 6.34. The van der Waals surface area contributed by atoms with Gasteiger partial charge in [0, 0.05) is 17.9 Å². The molecular formula is C25H45NO4. The molecule has 2 fully saturated rings. The van der Waals surface area contributed by atoms with E-state index in [1.165, 1.54) is 38.5 Å². The fraction of sp³-hybridized carbons (Fsp3) is 0.880. The standard InChI is InChI=1S/C25H45NO4/c1-5-7-8-12-18-28-19-21-20(22-14-15-23(21)30-22)13-10-9-11-16-25(3,4)24(26-27)29-17-6-2/h9-10,20-23,27H,5-8,11-19H2,1-4H3/b10-9+,26-24-. The van der Waals surface area contributed by atoms with Gasteiger partial charge in [-0.3, -0.25) is 0 Å². The molecule has 0 aromatic heterocycles. The number of fused-ring (bicyclic) bond motifs is 2. The molecule has 2 aliphatic rings. The van der Waals surface area contributed by atoms with Crippen LogP contribution in [0.15, 0.2) is 17.3 Å². The van der Waals surface area contributed by atoms with Gasteiger partial charge < -0.3 is 19.4 Å². The summed E-state index contributed by atoms with van der Waals surface area (Å²) in [5.74, 6) is 1.58. The third-order valence-electron chi connectivity index (χ3n) is 6.67. The molecule has 0 aromatic rings. The molecule has 2 heterocycles. The summed E-state index contributed by atoms with van der Waals surface area (Å²) in [6.07, 6.45) is 16.7. The Morgan fingerprint density at radius 1 is 1.03 bits per heavy atom. The van der Waals surface area contributed by atoms with Crippen molar-refractivity contribution in [1.82, 2.24) is 0 Å². The van der Waals surface area contributed by atoms with Gasteiger partial charge in [-0.25, -0.2) is 0 Å². The molecule has 30 heavy (non-hydrogen) atoms. The second-order valence-corrected chi connectivity index (χ2v) is 9.64. The third-order valence-corrected chi connectivity index (χ3v) is 6.67. The smallest absolute Gasteiger partial charge is 0.231 e. The van der Waals surface area contributed by atoms with Gasteiger partial charge >= 0.3 is 0 Å². The Kier molecular flexibility index (Phi) is 11.2. The fourth-order valence-electron chi connectivity index (χ4n) is 4.76. The summed E-state index contributed by atoms with van der Waals surface area (Å²) < 4.78 is 17.9. The number of hydrogen-bond acceptors (Lipinski definition) is 5. The van der Waals surface area contributed by atoms with E-state index in [2.05, 4.69) is 45.0 Å². The van der Waals surface area contributed by atoms with Crippen molar-refractivity contribution in [3.05, 3.63) is 12.2 Å². The second-order valence-electron chi connectivity index (χ2n) is 9.64. The van der Waals surface area contributed by atoms with Crippen LogP contribution in [0.25, 0.3) is 0 Å². The number of oxime groups is 1. The maximum absolute atomic E-state index is 9.27. The molecule has 2 rings (SSSR count). The molecule has 4 unspecified atom stereocenters. The largest absolute Gasteiger partial charge is 0.478 e. The highest BCUT2D eigenvalue weighted by Crippen LogP contribution is 2.45. The van der Waals surface area contributed by atoms with Gasteiger partial charge in [-0.2, -0.15) is 0 Å². The van der Waals surface area contributed by atoms with Gasteiger partial charge in [0.15, 0.2) is 0 Å². The molecule has 2 bridgehead atoms. The molecule has 2 saturated heterocycles. The summed E-state index contributed by atoms with van der Waals surface area (Å²) in [6.45, 7) is 10.8. The van der Waals surface area contributed by atoms with Gasteiger partial charge in [0.1, 0.15) is 0 Å². The van der Waals surface area contributed by atoms with Crippen molar-refractivity contribution in [1.29, 1.82) is 0 Å². The van der Waals surface area contributed by atoms with E-state index in [0.717, 1.165) is 38.9 Å². The van der Waals surface area contributed by atoms with Gasteiger partial charge in [0.05, 0.1) is 25.4 Å². The third kappa shape index (κ3) is 7.56. The zero-order chi connectivity index (χ0) is 21.8. The van der Waals surface area contributed by atoms with Crippen LogP contribution in [0.4, 0.5) is 0 Å². The summed E-state index contributed by atoms with van der Waals surface area (Å²) in [7, 11) is 0. The van der Waals surface area contributed by atoms with Crippen LogP contribution in [0.1, 0.15) is 91.9 Å². The molecule has 5 nitrogen and oxygen atoms in total. The van der Waals surface area contributed by atoms with Crippen molar-refractivity contribution in [3.8, 4) is 0 Å². The molecule has 0 amide bonds. The first kappa shape index (κ1) is 25.2. The number of ether oxygens (including phenoxy) is 3. The number of allylic oxidation sites excluding steroid dienone is 2. The molecule has 4 atom stereocenters. The Morgan fingerprint density at radius 3 is 2.50 bits per heavy atom. The molecule has 0 aliphatic carbocycles. The average Bonchev–Trinajstić information content (AvgIpc) is 3.33. The maximum Gasteiger partial charge on any atom is 0.231 e. The molecule has 0 aromatic carbocycles. The van der Waals surface area contributed by atoms with E-state index in [-0.39, 0.29) is 5.41 Å². The van der Waals surface area contributed by atoms with Gasteiger partial charge in [0.25, 0.3) is 0 Å². The van der Waals surface area contributed by atoms with Crippen molar-refractivity contribution < 1.29 is 19.4 Å². The molecule has 0 spiro atoms. The predicted molar refractivity (Wildman–Crippen MR) is 122 cm³/mol. The van der Waals surface area contributed by atoms with E-state index in [0.29, 0.717) is 36.5 Å². The lowest BCUT2D eigenvalue weighted by Gasteiger charge is -2.27. The number of unbranched alkanes of at least 4 members (excludes halogenated alkanes) is 3. The van der Waals surface area contributed by atoms with E-state index in [4.69, 9.17) is 14.2 Å². The molecule has 2 aliphatic heterocycles. The molecule has 5 heteroatoms. The summed E-state index contributed by atoms with van der Waals surface area (Å²) in [4.78, 5) is 0. The Balaban J connectivity index is 1.73. The topological polar surface area (TPSA) is 60.3 Å². The Hall–Kier alpha value is -1.07. The van der Waals surface area contributed by atoms with Crippen LogP contribution in [0.5, 0.6) is 0 Å². The van der Waals surface area contributed by atoms with Crippen LogP contribution in [-0.4, -0.2) is 43.1 Å². The number of rotatable bonds is 15. The molecule has 174 valence electrons. The average molecular weight is 424 g/mol. The first-order chi connectivity index (χ1) is 14.5. The minimum Gasteiger partial charge on any atom is -0.478 e. The Morgan fingerprint density at radius 2 is 1.80 bits per heavy atom. The quantitative estimate of drug-likeness (QED) is 0.0833. The van der Waals surface area contributed by atoms with Crippen LogP contribution >= 0.6 is 0 Å². The Bertz CT molecular complexity index is 531. The monoisotopic (exact) mass is 423 g/mol. The first-order valence-electron chi connectivity index (χ1n) is 12.3. The lowest BCUT2D eigenvalue weighted by Crippen LogP contribution is -2.30. The number of nitrogens with zero attached hydrogens (tertiary/aromatic N) is 1. The summed E-state index contributed by atoms with van der Waals surface area (Å²) in [5.41, 5.74) is -0.266. The number of hydrogen-bond donors (Lipinski definition) is 1. The van der Waals surface area contributed by atoms with Crippen molar-refractivity contribution in [2.75, 3.05) is 19.8 Å². The van der Waals surface area contributed by atoms with E-state index in [1.54, 1.807) is 0 Å². The van der Waals surface area contributed by atoms with Gasteiger partial charge in [0.2, 0.25) is 5.90 Å². The van der Waals surface area contributed by atoms with Crippen LogP contribution in [0.2, 0.25) is 0 Å². The van der Waals surface area contributed by atoms with Crippen molar-refractivity contribution >= 4 is 5.90 Å². The van der Waals surface area contributed by atoms with Crippen molar-refractivity contribution in [2.45, 2.75) is 104 Å². The molecular weight excluding hydrogens is 378 g/mol. The van der Waals surface area contributed by atoms with Crippen LogP contribution in [0, 0.1) is 17.3 Å². The molecule has 0 radical (unpaired) electrons. The fourth-order valence-corrected chi connectivity index (χ4v) is 4.76. The summed E-state index contributed by atoms with van der Waals surface area (Å²) in [5, 5.41) is 12.7. The Labute approximate surface area is 184 Å². The van der Waals surface area contributed by atoms with Gasteiger partial charge in [-0.15, -0.1) is 0 Å². The van der Waals surface area contributed by atoms with Crippen molar-refractivity contribution in [2.24, 2.45) is 22.4 Å². The minimum absolute atomic E-state index is 0.266. The van der Waals surface area contributed by atoms with Crippen LogP contribution in [-0.2, 0) is 14.2 Å². The van der Waals surface area contributed by atoms with E-state index < -0.39 is 0 Å². The molecule has 1 N–H and O–H groups in total. The zero-order valence-electron chi connectivity index (χ0n) is 19.8.